The fraction of sp³-hybridized carbons (Fsp3) is 0.154. The van der Waals surface area contributed by atoms with Gasteiger partial charge in [-0.3, -0.25) is 15.0 Å². The van der Waals surface area contributed by atoms with Crippen LogP contribution in [0, 0.1) is 6.92 Å². The third kappa shape index (κ3) is 1.33. The van der Waals surface area contributed by atoms with Gasteiger partial charge in [-0.25, -0.2) is 0 Å². The summed E-state index contributed by atoms with van der Waals surface area (Å²) in [4.78, 5) is 12.4. The fourth-order valence-corrected chi connectivity index (χ4v) is 1.95. The minimum Gasteiger partial charge on any atom is -0.296 e. The second kappa shape index (κ2) is 3.85. The van der Waals surface area contributed by atoms with Crippen LogP contribution >= 0.6 is 0 Å². The molecule has 3 nitrogen and oxygen atoms in total. The fourth-order valence-electron chi connectivity index (χ4n) is 1.95. The van der Waals surface area contributed by atoms with E-state index in [4.69, 9.17) is 0 Å². The van der Waals surface area contributed by atoms with Gasteiger partial charge in [-0.1, -0.05) is 6.58 Å². The highest BCUT2D eigenvalue weighted by atomic mass is 14.8. The maximum atomic E-state index is 4.34. The van der Waals surface area contributed by atoms with Gasteiger partial charge < -0.3 is 0 Å². The summed E-state index contributed by atoms with van der Waals surface area (Å²) in [6.45, 7) is 9.71. The van der Waals surface area contributed by atoms with Crippen molar-refractivity contribution < 1.29 is 0 Å². The molecule has 0 aliphatic heterocycles. The van der Waals surface area contributed by atoms with E-state index < -0.39 is 0 Å². The van der Waals surface area contributed by atoms with E-state index >= 15 is 0 Å². The van der Waals surface area contributed by atoms with Crippen LogP contribution in [-0.4, -0.2) is 25.0 Å². The Morgan fingerprint density at radius 1 is 1.44 bits per heavy atom. The van der Waals surface area contributed by atoms with Gasteiger partial charge in [-0.15, -0.1) is 0 Å². The number of hydrogen-bond donors (Lipinski definition) is 0. The number of fused-ring (bicyclic) bond motifs is 1. The van der Waals surface area contributed by atoms with Crippen LogP contribution in [0.25, 0.3) is 11.3 Å². The van der Waals surface area contributed by atoms with E-state index in [2.05, 4.69) is 28.3 Å². The van der Waals surface area contributed by atoms with Crippen molar-refractivity contribution in [2.75, 3.05) is 7.05 Å². The van der Waals surface area contributed by atoms with Crippen LogP contribution in [0.15, 0.2) is 34.4 Å². The zero-order valence-corrected chi connectivity index (χ0v) is 9.49. The Bertz CT molecular complexity index is 536. The predicted octanol–water partition coefficient (Wildman–Crippen LogP) is 2.53. The maximum absolute atomic E-state index is 4.34. The first-order chi connectivity index (χ1) is 7.70. The third-order valence-corrected chi connectivity index (χ3v) is 2.68. The highest BCUT2D eigenvalue weighted by Crippen LogP contribution is 2.40. The summed E-state index contributed by atoms with van der Waals surface area (Å²) in [5.41, 5.74) is 5.67. The van der Waals surface area contributed by atoms with Crippen molar-refractivity contribution in [3.05, 3.63) is 41.2 Å². The second-order valence-electron chi connectivity index (χ2n) is 3.64. The molecule has 0 spiro atoms. The molecule has 0 aromatic carbocycles. The SMILES string of the molecule is C=NC1=C(C=NC)C(=C)c2c(C)ccnc21. The number of aryl methyl sites for hydroxylation is 1. The smallest absolute Gasteiger partial charge is 0.0978 e. The molecule has 0 saturated carbocycles. The average molecular weight is 211 g/mol. The molecule has 80 valence electrons. The van der Waals surface area contributed by atoms with E-state index in [9.17, 15) is 0 Å². The van der Waals surface area contributed by atoms with Crippen molar-refractivity contribution in [3.8, 4) is 0 Å². The van der Waals surface area contributed by atoms with E-state index in [0.717, 1.165) is 33.7 Å². The molecule has 0 N–H and O–H groups in total. The van der Waals surface area contributed by atoms with Crippen molar-refractivity contribution in [1.29, 1.82) is 0 Å². The lowest BCUT2D eigenvalue weighted by molar-refractivity contribution is 1.22. The molecule has 16 heavy (non-hydrogen) atoms. The van der Waals surface area contributed by atoms with Crippen LogP contribution in [0.3, 0.4) is 0 Å². The second-order valence-corrected chi connectivity index (χ2v) is 3.64. The zero-order chi connectivity index (χ0) is 11.7. The first-order valence-corrected chi connectivity index (χ1v) is 4.99. The molecule has 0 fully saturated rings. The Hall–Kier alpha value is -2.03. The lowest BCUT2D eigenvalue weighted by atomic mass is 10.0. The molecule has 3 heteroatoms. The molecular formula is C13H13N3. The average Bonchev–Trinajstić information content (AvgIpc) is 2.54. The van der Waals surface area contributed by atoms with Gasteiger partial charge in [-0.2, -0.15) is 0 Å². The largest absolute Gasteiger partial charge is 0.296 e. The van der Waals surface area contributed by atoms with Crippen molar-refractivity contribution >= 4 is 24.2 Å². The molecule has 1 heterocycles. The summed E-state index contributed by atoms with van der Waals surface area (Å²) >= 11 is 0. The minimum absolute atomic E-state index is 0.773. The first-order valence-electron chi connectivity index (χ1n) is 4.99. The number of allylic oxidation sites excluding steroid dienone is 2. The molecule has 1 aromatic heterocycles. The number of aromatic nitrogens is 1. The van der Waals surface area contributed by atoms with Crippen molar-refractivity contribution in [2.24, 2.45) is 9.98 Å². The Morgan fingerprint density at radius 2 is 2.19 bits per heavy atom. The van der Waals surface area contributed by atoms with Crippen LogP contribution in [0.4, 0.5) is 0 Å². The van der Waals surface area contributed by atoms with Gasteiger partial charge in [0.05, 0.1) is 11.4 Å². The normalized spacial score (nSPS) is 14.8. The molecule has 1 aromatic rings. The van der Waals surface area contributed by atoms with E-state index in [-0.39, 0.29) is 0 Å². The van der Waals surface area contributed by atoms with E-state index in [1.54, 1.807) is 19.5 Å². The van der Waals surface area contributed by atoms with Crippen LogP contribution in [-0.2, 0) is 0 Å². The Balaban J connectivity index is 2.74. The summed E-state index contributed by atoms with van der Waals surface area (Å²) in [7, 11) is 1.73. The van der Waals surface area contributed by atoms with Gasteiger partial charge in [0.15, 0.2) is 0 Å². The molecule has 0 bridgehead atoms. The van der Waals surface area contributed by atoms with Gasteiger partial charge in [0.1, 0.15) is 0 Å². The highest BCUT2D eigenvalue weighted by Gasteiger charge is 2.25. The van der Waals surface area contributed by atoms with Crippen molar-refractivity contribution in [2.45, 2.75) is 6.92 Å². The van der Waals surface area contributed by atoms with Crippen molar-refractivity contribution in [1.82, 2.24) is 4.98 Å². The Morgan fingerprint density at radius 3 is 2.81 bits per heavy atom. The summed E-state index contributed by atoms with van der Waals surface area (Å²) in [5.74, 6) is 0. The molecule has 0 atom stereocenters. The topological polar surface area (TPSA) is 37.6 Å². The molecule has 1 aliphatic rings. The highest BCUT2D eigenvalue weighted by molar-refractivity contribution is 6.13. The number of hydrogen-bond acceptors (Lipinski definition) is 3. The summed E-state index contributed by atoms with van der Waals surface area (Å²) in [5, 5.41) is 0. The van der Waals surface area contributed by atoms with Crippen LogP contribution in [0.5, 0.6) is 0 Å². The number of pyridine rings is 1. The van der Waals surface area contributed by atoms with E-state index in [1.165, 1.54) is 0 Å². The maximum Gasteiger partial charge on any atom is 0.0978 e. The molecule has 0 saturated heterocycles. The predicted molar refractivity (Wildman–Crippen MR) is 68.9 cm³/mol. The Labute approximate surface area is 95.0 Å². The Kier molecular flexibility index (Phi) is 2.52. The monoisotopic (exact) mass is 211 g/mol. The molecule has 1 aliphatic carbocycles. The van der Waals surface area contributed by atoms with Crippen LogP contribution in [0.1, 0.15) is 16.8 Å². The van der Waals surface area contributed by atoms with E-state index in [1.807, 2.05) is 13.0 Å². The van der Waals surface area contributed by atoms with Gasteiger partial charge in [0.25, 0.3) is 0 Å². The van der Waals surface area contributed by atoms with Crippen LogP contribution < -0.4 is 0 Å². The van der Waals surface area contributed by atoms with Gasteiger partial charge in [-0.05, 0) is 30.8 Å². The number of rotatable bonds is 2. The standard InChI is InChI=1S/C13H13N3/c1-8-5-6-16-13-11(8)9(2)10(7-14-3)12(13)15-4/h5-7H,2,4H2,1,3H3. The van der Waals surface area contributed by atoms with E-state index in [0.29, 0.717) is 0 Å². The van der Waals surface area contributed by atoms with Gasteiger partial charge >= 0.3 is 0 Å². The number of nitrogens with zero attached hydrogens (tertiary/aromatic N) is 3. The molecule has 0 amide bonds. The quantitative estimate of drug-likeness (QED) is 0.692. The van der Waals surface area contributed by atoms with Gasteiger partial charge in [0, 0.05) is 30.6 Å². The lowest BCUT2D eigenvalue weighted by Gasteiger charge is -2.03. The number of aliphatic imine (C=N–C) groups is 2. The molecule has 2 rings (SSSR count). The summed E-state index contributed by atoms with van der Waals surface area (Å²) < 4.78 is 0. The molecule has 0 unspecified atom stereocenters. The molecule has 0 radical (unpaired) electrons. The summed E-state index contributed by atoms with van der Waals surface area (Å²) in [6.07, 6.45) is 3.53. The lowest BCUT2D eigenvalue weighted by Crippen LogP contribution is -1.91. The van der Waals surface area contributed by atoms with Crippen LogP contribution in [0.2, 0.25) is 0 Å². The van der Waals surface area contributed by atoms with Crippen molar-refractivity contribution in [3.63, 3.8) is 0 Å². The zero-order valence-electron chi connectivity index (χ0n) is 9.49. The minimum atomic E-state index is 0.773. The molecular weight excluding hydrogens is 198 g/mol. The third-order valence-electron chi connectivity index (χ3n) is 2.68. The first kappa shape index (κ1) is 10.5. The summed E-state index contributed by atoms with van der Waals surface area (Å²) in [6, 6.07) is 1.97. The van der Waals surface area contributed by atoms with Gasteiger partial charge in [0.2, 0.25) is 0 Å².